The molecule has 0 spiro atoms. The van der Waals surface area contributed by atoms with Crippen LogP contribution in [0.2, 0.25) is 0 Å². The van der Waals surface area contributed by atoms with Crippen LogP contribution in [0.25, 0.3) is 0 Å². The Kier molecular flexibility index (Phi) is 5.99. The Balaban J connectivity index is 1.12. The summed E-state index contributed by atoms with van der Waals surface area (Å²) in [6, 6.07) is 22.4. The van der Waals surface area contributed by atoms with E-state index in [0.717, 1.165) is 24.2 Å². The van der Waals surface area contributed by atoms with Crippen LogP contribution in [0.1, 0.15) is 39.9 Å². The molecular weight excluding hydrogens is 428 g/mol. The van der Waals surface area contributed by atoms with Crippen molar-refractivity contribution >= 4 is 29.2 Å². The molecule has 2 aliphatic heterocycles. The number of benzene rings is 3. The topological polar surface area (TPSA) is 81.8 Å². The number of urea groups is 1. The van der Waals surface area contributed by atoms with Crippen LogP contribution in [0.3, 0.4) is 0 Å². The first-order valence-electron chi connectivity index (χ1n) is 11.5. The highest BCUT2D eigenvalue weighted by Crippen LogP contribution is 2.24. The molecule has 7 nitrogen and oxygen atoms in total. The third-order valence-electron chi connectivity index (χ3n) is 6.30. The molecule has 34 heavy (non-hydrogen) atoms. The number of carbonyl (C=O) groups excluding carboxylic acids is 3. The third-order valence-corrected chi connectivity index (χ3v) is 6.30. The fourth-order valence-corrected chi connectivity index (χ4v) is 4.38. The summed E-state index contributed by atoms with van der Waals surface area (Å²) in [5.74, 6) is -0.0297. The third kappa shape index (κ3) is 4.64. The summed E-state index contributed by atoms with van der Waals surface area (Å²) < 4.78 is 0. The number of rotatable bonds is 5. The molecule has 0 saturated carbocycles. The molecule has 2 N–H and O–H groups in total. The highest BCUT2D eigenvalue weighted by molar-refractivity contribution is 5.96. The molecule has 0 unspecified atom stereocenters. The average Bonchev–Trinajstić information content (AvgIpc) is 3.49. The van der Waals surface area contributed by atoms with Crippen molar-refractivity contribution < 1.29 is 14.4 Å². The summed E-state index contributed by atoms with van der Waals surface area (Å²) in [6.45, 7) is 2.34. The Labute approximate surface area is 198 Å². The number of fused-ring (bicyclic) bond motifs is 1. The molecule has 0 aliphatic carbocycles. The van der Waals surface area contributed by atoms with Gasteiger partial charge < -0.3 is 20.4 Å². The lowest BCUT2D eigenvalue weighted by molar-refractivity contribution is -0.117. The van der Waals surface area contributed by atoms with Crippen molar-refractivity contribution in [1.29, 1.82) is 0 Å². The SMILES string of the molecule is O=C(NCc1ccc(N2CCCC2=O)cc1)c1ccc(NC(=O)N2Cc3ccccc3C2)cc1. The molecule has 7 heteroatoms. The molecule has 3 aromatic carbocycles. The van der Waals surface area contributed by atoms with Gasteiger partial charge >= 0.3 is 6.03 Å². The molecule has 0 bridgehead atoms. The molecule has 0 radical (unpaired) electrons. The van der Waals surface area contributed by atoms with Gasteiger partial charge in [0.2, 0.25) is 5.91 Å². The highest BCUT2D eigenvalue weighted by atomic mass is 16.2. The molecule has 4 amide bonds. The van der Waals surface area contributed by atoms with E-state index in [0.29, 0.717) is 37.3 Å². The van der Waals surface area contributed by atoms with E-state index in [9.17, 15) is 14.4 Å². The zero-order valence-electron chi connectivity index (χ0n) is 18.8. The van der Waals surface area contributed by atoms with Gasteiger partial charge in [-0.1, -0.05) is 36.4 Å². The zero-order chi connectivity index (χ0) is 23.5. The second-order valence-electron chi connectivity index (χ2n) is 8.63. The van der Waals surface area contributed by atoms with Crippen LogP contribution in [-0.2, 0) is 24.4 Å². The standard InChI is InChI=1S/C27H26N4O3/c32-25-6-3-15-31(25)24-13-7-19(8-14-24)16-28-26(33)20-9-11-23(12-10-20)29-27(34)30-17-21-4-1-2-5-22(21)18-30/h1-2,4-5,7-14H,3,6,15-18H2,(H,28,33)(H,29,34). The van der Waals surface area contributed by atoms with Crippen molar-refractivity contribution in [1.82, 2.24) is 10.2 Å². The van der Waals surface area contributed by atoms with E-state index in [1.165, 1.54) is 11.1 Å². The van der Waals surface area contributed by atoms with Gasteiger partial charge in [-0.05, 0) is 59.5 Å². The minimum Gasteiger partial charge on any atom is -0.348 e. The van der Waals surface area contributed by atoms with E-state index >= 15 is 0 Å². The second kappa shape index (κ2) is 9.39. The van der Waals surface area contributed by atoms with Gasteiger partial charge in [0.1, 0.15) is 0 Å². The lowest BCUT2D eigenvalue weighted by atomic mass is 10.1. The van der Waals surface area contributed by atoms with Crippen LogP contribution in [-0.4, -0.2) is 29.3 Å². The molecular formula is C27H26N4O3. The van der Waals surface area contributed by atoms with E-state index in [-0.39, 0.29) is 17.8 Å². The lowest BCUT2D eigenvalue weighted by Crippen LogP contribution is -2.30. The molecule has 172 valence electrons. The molecule has 3 aromatic rings. The van der Waals surface area contributed by atoms with E-state index in [1.54, 1.807) is 34.1 Å². The summed E-state index contributed by atoms with van der Waals surface area (Å²) in [4.78, 5) is 40.6. The monoisotopic (exact) mass is 454 g/mol. The molecule has 1 fully saturated rings. The molecule has 0 aromatic heterocycles. The predicted octanol–water partition coefficient (Wildman–Crippen LogP) is 4.29. The number of carbonyl (C=O) groups is 3. The Bertz CT molecular complexity index is 1200. The first-order chi connectivity index (χ1) is 16.6. The van der Waals surface area contributed by atoms with Crippen molar-refractivity contribution in [2.75, 3.05) is 16.8 Å². The Morgan fingerprint density at radius 1 is 0.853 bits per heavy atom. The van der Waals surface area contributed by atoms with Crippen LogP contribution >= 0.6 is 0 Å². The lowest BCUT2D eigenvalue weighted by Gasteiger charge is -2.16. The maximum Gasteiger partial charge on any atom is 0.322 e. The smallest absolute Gasteiger partial charge is 0.322 e. The summed E-state index contributed by atoms with van der Waals surface area (Å²) in [5, 5.41) is 5.81. The van der Waals surface area contributed by atoms with E-state index in [2.05, 4.69) is 10.6 Å². The van der Waals surface area contributed by atoms with Crippen molar-refractivity contribution in [2.24, 2.45) is 0 Å². The largest absolute Gasteiger partial charge is 0.348 e. The van der Waals surface area contributed by atoms with Crippen LogP contribution in [0.5, 0.6) is 0 Å². The number of nitrogens with one attached hydrogen (secondary N) is 2. The molecule has 2 aliphatic rings. The number of amides is 4. The Morgan fingerprint density at radius 3 is 2.15 bits per heavy atom. The van der Waals surface area contributed by atoms with Crippen LogP contribution in [0.4, 0.5) is 16.2 Å². The molecule has 0 atom stereocenters. The quantitative estimate of drug-likeness (QED) is 0.603. The van der Waals surface area contributed by atoms with Gasteiger partial charge in [0.05, 0.1) is 0 Å². The zero-order valence-corrected chi connectivity index (χ0v) is 18.8. The number of hydrogen-bond donors (Lipinski definition) is 2. The minimum atomic E-state index is -0.188. The molecule has 2 heterocycles. The minimum absolute atomic E-state index is 0.159. The second-order valence-corrected chi connectivity index (χ2v) is 8.63. The van der Waals surface area contributed by atoms with Gasteiger partial charge in [-0.15, -0.1) is 0 Å². The van der Waals surface area contributed by atoms with Crippen LogP contribution < -0.4 is 15.5 Å². The van der Waals surface area contributed by atoms with E-state index < -0.39 is 0 Å². The fraction of sp³-hybridized carbons (Fsp3) is 0.222. The van der Waals surface area contributed by atoms with Crippen LogP contribution in [0, 0.1) is 0 Å². The van der Waals surface area contributed by atoms with E-state index in [4.69, 9.17) is 0 Å². The summed E-state index contributed by atoms with van der Waals surface area (Å²) >= 11 is 0. The summed E-state index contributed by atoms with van der Waals surface area (Å²) in [6.07, 6.45) is 1.50. The van der Waals surface area contributed by atoms with Crippen molar-refractivity contribution in [3.8, 4) is 0 Å². The predicted molar refractivity (Wildman–Crippen MR) is 130 cm³/mol. The first kappa shape index (κ1) is 21.7. The van der Waals surface area contributed by atoms with Gasteiger partial charge in [-0.3, -0.25) is 9.59 Å². The number of anilines is 2. The maximum atomic E-state index is 12.6. The van der Waals surface area contributed by atoms with Gasteiger partial charge in [0.15, 0.2) is 0 Å². The van der Waals surface area contributed by atoms with Gasteiger partial charge in [-0.2, -0.15) is 0 Å². The van der Waals surface area contributed by atoms with Gasteiger partial charge in [0, 0.05) is 49.5 Å². The van der Waals surface area contributed by atoms with Crippen molar-refractivity contribution in [3.05, 3.63) is 95.1 Å². The average molecular weight is 455 g/mol. The summed E-state index contributed by atoms with van der Waals surface area (Å²) in [7, 11) is 0. The highest BCUT2D eigenvalue weighted by Gasteiger charge is 2.23. The van der Waals surface area contributed by atoms with E-state index in [1.807, 2.05) is 48.5 Å². The first-order valence-corrected chi connectivity index (χ1v) is 11.5. The molecule has 5 rings (SSSR count). The van der Waals surface area contributed by atoms with Crippen molar-refractivity contribution in [2.45, 2.75) is 32.5 Å². The normalized spacial score (nSPS) is 14.8. The number of nitrogens with zero attached hydrogens (tertiary/aromatic N) is 2. The number of hydrogen-bond acceptors (Lipinski definition) is 3. The van der Waals surface area contributed by atoms with Gasteiger partial charge in [0.25, 0.3) is 5.91 Å². The molecule has 1 saturated heterocycles. The van der Waals surface area contributed by atoms with Crippen molar-refractivity contribution in [3.63, 3.8) is 0 Å². The van der Waals surface area contributed by atoms with Gasteiger partial charge in [-0.25, -0.2) is 4.79 Å². The maximum absolute atomic E-state index is 12.6. The Morgan fingerprint density at radius 2 is 1.53 bits per heavy atom. The fourth-order valence-electron chi connectivity index (χ4n) is 4.38. The van der Waals surface area contributed by atoms with Crippen LogP contribution in [0.15, 0.2) is 72.8 Å². The summed E-state index contributed by atoms with van der Waals surface area (Å²) in [5.41, 5.74) is 5.36. The Hall–Kier alpha value is -4.13.